The van der Waals surface area contributed by atoms with E-state index in [1.165, 1.54) is 0 Å². The molecule has 1 saturated heterocycles. The van der Waals surface area contributed by atoms with Crippen LogP contribution < -0.4 is 5.69 Å². The van der Waals surface area contributed by atoms with E-state index in [4.69, 9.17) is 4.74 Å². The molecule has 1 aromatic carbocycles. The summed E-state index contributed by atoms with van der Waals surface area (Å²) >= 11 is 0. The summed E-state index contributed by atoms with van der Waals surface area (Å²) in [7, 11) is 0. The minimum atomic E-state index is -0.0559. The van der Waals surface area contributed by atoms with Gasteiger partial charge in [-0.15, -0.1) is 0 Å². The zero-order valence-corrected chi connectivity index (χ0v) is 13.9. The van der Waals surface area contributed by atoms with Crippen LogP contribution in [0.3, 0.4) is 0 Å². The molecule has 1 aliphatic carbocycles. The molecule has 6 nitrogen and oxygen atoms in total. The van der Waals surface area contributed by atoms with Gasteiger partial charge in [0.15, 0.2) is 0 Å². The molecular formula is C18H23N3O3. The number of para-hydroxylation sites is 2. The number of piperidine rings is 1. The highest BCUT2D eigenvalue weighted by atomic mass is 16.5. The minimum Gasteiger partial charge on any atom is -0.378 e. The number of carbonyl (C=O) groups is 1. The predicted molar refractivity (Wildman–Crippen MR) is 90.9 cm³/mol. The van der Waals surface area contributed by atoms with Crippen molar-refractivity contribution in [1.29, 1.82) is 0 Å². The number of amides is 1. The predicted octanol–water partition coefficient (Wildman–Crippen LogP) is 1.92. The highest BCUT2D eigenvalue weighted by Gasteiger charge is 2.46. The van der Waals surface area contributed by atoms with E-state index in [9.17, 15) is 9.59 Å². The van der Waals surface area contributed by atoms with Crippen molar-refractivity contribution in [3.8, 4) is 0 Å². The van der Waals surface area contributed by atoms with Crippen LogP contribution in [0.2, 0.25) is 0 Å². The second-order valence-corrected chi connectivity index (χ2v) is 6.71. The van der Waals surface area contributed by atoms with Gasteiger partial charge in [-0.05, 0) is 38.3 Å². The third-order valence-electron chi connectivity index (χ3n) is 5.20. The molecule has 0 bridgehead atoms. The van der Waals surface area contributed by atoms with Crippen molar-refractivity contribution in [3.63, 3.8) is 0 Å². The van der Waals surface area contributed by atoms with Gasteiger partial charge in [0.1, 0.15) is 0 Å². The van der Waals surface area contributed by atoms with Crippen LogP contribution in [0.1, 0.15) is 32.2 Å². The molecule has 6 heteroatoms. The highest BCUT2D eigenvalue weighted by Crippen LogP contribution is 2.36. The molecule has 2 heterocycles. The zero-order chi connectivity index (χ0) is 16.7. The molecule has 2 fully saturated rings. The number of aromatic amines is 1. The lowest BCUT2D eigenvalue weighted by molar-refractivity contribution is -0.134. The lowest BCUT2D eigenvalue weighted by Crippen LogP contribution is -2.41. The number of ether oxygens (including phenoxy) is 1. The molecule has 1 aliphatic heterocycles. The van der Waals surface area contributed by atoms with E-state index in [-0.39, 0.29) is 29.7 Å². The van der Waals surface area contributed by atoms with Gasteiger partial charge in [0, 0.05) is 25.7 Å². The Morgan fingerprint density at radius 3 is 2.79 bits per heavy atom. The Morgan fingerprint density at radius 1 is 1.29 bits per heavy atom. The summed E-state index contributed by atoms with van der Waals surface area (Å²) in [5.74, 6) is 0.274. The average molecular weight is 329 g/mol. The van der Waals surface area contributed by atoms with Crippen molar-refractivity contribution in [1.82, 2.24) is 14.5 Å². The Morgan fingerprint density at radius 2 is 2.04 bits per heavy atom. The van der Waals surface area contributed by atoms with E-state index in [1.54, 1.807) is 0 Å². The highest BCUT2D eigenvalue weighted by molar-refractivity contribution is 5.82. The van der Waals surface area contributed by atoms with Crippen LogP contribution in [-0.2, 0) is 9.53 Å². The van der Waals surface area contributed by atoms with Crippen LogP contribution in [0.4, 0.5) is 0 Å². The van der Waals surface area contributed by atoms with E-state index in [0.717, 1.165) is 30.3 Å². The van der Waals surface area contributed by atoms with Gasteiger partial charge in [-0.25, -0.2) is 4.79 Å². The van der Waals surface area contributed by atoms with Gasteiger partial charge in [0.25, 0.3) is 0 Å². The first-order valence-electron chi connectivity index (χ1n) is 8.78. The molecule has 0 radical (unpaired) electrons. The van der Waals surface area contributed by atoms with Gasteiger partial charge in [-0.3, -0.25) is 9.36 Å². The molecule has 1 saturated carbocycles. The number of benzene rings is 1. The van der Waals surface area contributed by atoms with Gasteiger partial charge in [0.2, 0.25) is 5.91 Å². The average Bonchev–Trinajstić information content (AvgIpc) is 3.28. The van der Waals surface area contributed by atoms with Crippen molar-refractivity contribution >= 4 is 16.9 Å². The second kappa shape index (κ2) is 6.09. The number of carbonyl (C=O) groups excluding carboxylic acids is 1. The first kappa shape index (κ1) is 15.4. The molecule has 2 aromatic rings. The minimum absolute atomic E-state index is 0.0531. The number of aromatic nitrogens is 2. The van der Waals surface area contributed by atoms with Gasteiger partial charge in [-0.2, -0.15) is 0 Å². The largest absolute Gasteiger partial charge is 0.378 e. The maximum atomic E-state index is 12.5. The van der Waals surface area contributed by atoms with Crippen molar-refractivity contribution < 1.29 is 9.53 Å². The second-order valence-electron chi connectivity index (χ2n) is 6.71. The summed E-state index contributed by atoms with van der Waals surface area (Å²) in [5, 5.41) is 0. The monoisotopic (exact) mass is 329 g/mol. The van der Waals surface area contributed by atoms with E-state index >= 15 is 0 Å². The summed E-state index contributed by atoms with van der Waals surface area (Å²) in [6.45, 7) is 4.06. The molecule has 24 heavy (non-hydrogen) atoms. The summed E-state index contributed by atoms with van der Waals surface area (Å²) in [6.07, 6.45) is 2.62. The summed E-state index contributed by atoms with van der Waals surface area (Å²) in [6, 6.07) is 7.92. The fraction of sp³-hybridized carbons (Fsp3) is 0.556. The van der Waals surface area contributed by atoms with Crippen LogP contribution in [0.5, 0.6) is 0 Å². The molecule has 0 unspecified atom stereocenters. The molecule has 128 valence electrons. The third-order valence-corrected chi connectivity index (χ3v) is 5.20. The van der Waals surface area contributed by atoms with Crippen LogP contribution >= 0.6 is 0 Å². The standard InChI is InChI=1S/C18H23N3O3/c1-2-24-16-11-13(16)17(22)20-9-7-12(8-10-20)21-15-6-4-3-5-14(15)19-18(21)23/h3-6,12-13,16H,2,7-11H2,1H3,(H,19,23)/t13-,16-/m1/s1. The first-order valence-corrected chi connectivity index (χ1v) is 8.78. The van der Waals surface area contributed by atoms with Gasteiger partial charge >= 0.3 is 5.69 Å². The maximum Gasteiger partial charge on any atom is 0.326 e. The normalized spacial score (nSPS) is 24.5. The van der Waals surface area contributed by atoms with Gasteiger partial charge in [-0.1, -0.05) is 12.1 Å². The SMILES string of the molecule is CCO[C@@H]1C[C@H]1C(=O)N1CCC(n2c(=O)[nH]c3ccccc32)CC1. The van der Waals surface area contributed by atoms with Crippen LogP contribution in [0.25, 0.3) is 11.0 Å². The third kappa shape index (κ3) is 2.65. The van der Waals surface area contributed by atoms with E-state index in [2.05, 4.69) is 4.98 Å². The Labute approximate surface area is 140 Å². The number of nitrogens with zero attached hydrogens (tertiary/aromatic N) is 2. The molecule has 4 rings (SSSR count). The molecule has 2 aliphatic rings. The van der Waals surface area contributed by atoms with Gasteiger partial charge in [0.05, 0.1) is 23.1 Å². The number of hydrogen-bond acceptors (Lipinski definition) is 3. The topological polar surface area (TPSA) is 67.3 Å². The maximum absolute atomic E-state index is 12.5. The first-order chi connectivity index (χ1) is 11.7. The Balaban J connectivity index is 1.44. The molecule has 1 amide bonds. The lowest BCUT2D eigenvalue weighted by atomic mass is 10.0. The smallest absolute Gasteiger partial charge is 0.326 e. The molecule has 2 atom stereocenters. The Hall–Kier alpha value is -2.08. The molecule has 1 aromatic heterocycles. The Bertz CT molecular complexity index is 801. The summed E-state index contributed by atoms with van der Waals surface area (Å²) in [5.41, 5.74) is 1.77. The van der Waals surface area contributed by atoms with E-state index < -0.39 is 0 Å². The van der Waals surface area contributed by atoms with Crippen molar-refractivity contribution in [2.45, 2.75) is 38.3 Å². The number of nitrogens with one attached hydrogen (secondary N) is 1. The number of likely N-dealkylation sites (tertiary alicyclic amines) is 1. The Kier molecular flexibility index (Phi) is 3.92. The lowest BCUT2D eigenvalue weighted by Gasteiger charge is -2.32. The van der Waals surface area contributed by atoms with Gasteiger partial charge < -0.3 is 14.6 Å². The molecular weight excluding hydrogens is 306 g/mol. The summed E-state index contributed by atoms with van der Waals surface area (Å²) in [4.78, 5) is 29.6. The van der Waals surface area contributed by atoms with Crippen LogP contribution in [0, 0.1) is 5.92 Å². The molecule has 1 N–H and O–H groups in total. The van der Waals surface area contributed by atoms with Crippen LogP contribution in [-0.4, -0.2) is 46.2 Å². The number of fused-ring (bicyclic) bond motifs is 1. The number of H-pyrrole nitrogens is 1. The van der Waals surface area contributed by atoms with Crippen molar-refractivity contribution in [3.05, 3.63) is 34.7 Å². The summed E-state index contributed by atoms with van der Waals surface area (Å²) < 4.78 is 7.38. The van der Waals surface area contributed by atoms with Crippen LogP contribution in [0.15, 0.2) is 29.1 Å². The number of rotatable bonds is 4. The quantitative estimate of drug-likeness (QED) is 0.932. The fourth-order valence-electron chi connectivity index (χ4n) is 3.85. The van der Waals surface area contributed by atoms with E-state index in [0.29, 0.717) is 19.7 Å². The fourth-order valence-corrected chi connectivity index (χ4v) is 3.85. The van der Waals surface area contributed by atoms with Crippen molar-refractivity contribution in [2.24, 2.45) is 5.92 Å². The van der Waals surface area contributed by atoms with E-state index in [1.807, 2.05) is 40.7 Å². The van der Waals surface area contributed by atoms with Crippen molar-refractivity contribution in [2.75, 3.05) is 19.7 Å². The number of hydrogen-bond donors (Lipinski definition) is 1. The number of imidazole rings is 1. The zero-order valence-electron chi connectivity index (χ0n) is 13.9. The molecule has 0 spiro atoms.